The van der Waals surface area contributed by atoms with Crippen LogP contribution in [0.3, 0.4) is 0 Å². The number of hydrogen-bond acceptors (Lipinski definition) is 8. The van der Waals surface area contributed by atoms with Gasteiger partial charge in [0.15, 0.2) is 0 Å². The molecule has 206 valence electrons. The van der Waals surface area contributed by atoms with Crippen LogP contribution >= 0.6 is 0 Å². The van der Waals surface area contributed by atoms with Crippen LogP contribution in [0.1, 0.15) is 31.0 Å². The molecule has 10 nitrogen and oxygen atoms in total. The van der Waals surface area contributed by atoms with Crippen LogP contribution in [0.5, 0.6) is 0 Å². The van der Waals surface area contributed by atoms with Crippen molar-refractivity contribution in [1.82, 2.24) is 20.2 Å². The molecule has 0 aliphatic carbocycles. The van der Waals surface area contributed by atoms with E-state index in [-0.39, 0.29) is 29.9 Å². The summed E-state index contributed by atoms with van der Waals surface area (Å²) in [6.07, 6.45) is -3.82. The summed E-state index contributed by atoms with van der Waals surface area (Å²) in [6.45, 7) is 3.32. The monoisotopic (exact) mass is 569 g/mol. The second-order valence-electron chi connectivity index (χ2n) is 9.71. The standard InChI is InChI=1S/C26H22F3N7O3S/c1-25(2,13-30)24-35-34-22(39-24)16-7-8-19-18(9-16)36(23(37)17(31)12-40(19)38)11-14-3-5-15(6-4-14)21-32-10-20(33-21)26(27,28)29/h3-10,17H,11-12,31H2,1-2H3,(H,32,33)/t17-,40?/m0/s1. The third kappa shape index (κ3) is 5.13. The topological polar surface area (TPSA) is 155 Å². The first-order chi connectivity index (χ1) is 18.9. The number of amides is 1. The number of alkyl halides is 3. The van der Waals surface area contributed by atoms with Crippen molar-refractivity contribution in [2.24, 2.45) is 5.73 Å². The molecule has 1 amide bonds. The molecule has 0 saturated carbocycles. The average Bonchev–Trinajstić information content (AvgIpc) is 3.61. The van der Waals surface area contributed by atoms with Gasteiger partial charge in [0.25, 0.3) is 0 Å². The minimum Gasteiger partial charge on any atom is -0.419 e. The number of hydrogen-bond donors (Lipinski definition) is 2. The quantitative estimate of drug-likeness (QED) is 0.366. The van der Waals surface area contributed by atoms with E-state index in [0.717, 1.165) is 6.20 Å². The highest BCUT2D eigenvalue weighted by Crippen LogP contribution is 2.35. The Morgan fingerprint density at radius 1 is 1.18 bits per heavy atom. The highest BCUT2D eigenvalue weighted by Gasteiger charge is 2.34. The highest BCUT2D eigenvalue weighted by atomic mass is 32.2. The fraction of sp³-hybridized carbons (Fsp3) is 0.269. The van der Waals surface area contributed by atoms with Gasteiger partial charge >= 0.3 is 6.18 Å². The van der Waals surface area contributed by atoms with Crippen molar-refractivity contribution < 1.29 is 26.6 Å². The Hall–Kier alpha value is -4.35. The number of nitrogens with zero attached hydrogens (tertiary/aromatic N) is 5. The second-order valence-corrected chi connectivity index (χ2v) is 11.2. The molecule has 3 heterocycles. The van der Waals surface area contributed by atoms with Crippen LogP contribution in [0, 0.1) is 11.3 Å². The minimum atomic E-state index is -4.54. The van der Waals surface area contributed by atoms with Gasteiger partial charge in [0.2, 0.25) is 17.7 Å². The molecule has 3 N–H and O–H groups in total. The summed E-state index contributed by atoms with van der Waals surface area (Å²) < 4.78 is 57.6. The maximum absolute atomic E-state index is 13.3. The van der Waals surface area contributed by atoms with Gasteiger partial charge in [0.05, 0.1) is 52.0 Å². The van der Waals surface area contributed by atoms with Gasteiger partial charge in [-0.1, -0.05) is 24.3 Å². The van der Waals surface area contributed by atoms with Gasteiger partial charge in [-0.2, -0.15) is 18.4 Å². The van der Waals surface area contributed by atoms with Gasteiger partial charge < -0.3 is 20.0 Å². The average molecular weight is 570 g/mol. The molecule has 2 aromatic carbocycles. The molecule has 14 heteroatoms. The Kier molecular flexibility index (Phi) is 6.80. The number of H-pyrrole nitrogens is 1. The molecule has 0 saturated heterocycles. The maximum Gasteiger partial charge on any atom is 0.432 e. The first-order valence-corrected chi connectivity index (χ1v) is 13.3. The van der Waals surface area contributed by atoms with Gasteiger partial charge in [-0.25, -0.2) is 4.98 Å². The van der Waals surface area contributed by atoms with E-state index in [0.29, 0.717) is 27.3 Å². The van der Waals surface area contributed by atoms with Crippen molar-refractivity contribution in [1.29, 1.82) is 5.26 Å². The van der Waals surface area contributed by atoms with Crippen molar-refractivity contribution in [3.63, 3.8) is 0 Å². The third-order valence-corrected chi connectivity index (χ3v) is 7.84. The summed E-state index contributed by atoms with van der Waals surface area (Å²) in [4.78, 5) is 21.2. The summed E-state index contributed by atoms with van der Waals surface area (Å²) in [5, 5.41) is 17.4. The first-order valence-electron chi connectivity index (χ1n) is 11.9. The normalized spacial score (nSPS) is 17.8. The number of carbonyl (C=O) groups excluding carboxylic acids is 1. The Morgan fingerprint density at radius 2 is 1.88 bits per heavy atom. The molecule has 4 aromatic rings. The van der Waals surface area contributed by atoms with E-state index in [4.69, 9.17) is 10.2 Å². The van der Waals surface area contributed by atoms with Gasteiger partial charge in [0, 0.05) is 11.1 Å². The number of imidazole rings is 1. The Balaban J connectivity index is 1.48. The summed E-state index contributed by atoms with van der Waals surface area (Å²) in [7, 11) is -1.57. The van der Waals surface area contributed by atoms with Crippen LogP contribution in [-0.2, 0) is 33.7 Å². The molecule has 0 radical (unpaired) electrons. The predicted molar refractivity (Wildman–Crippen MR) is 138 cm³/mol. The number of aromatic amines is 1. The van der Waals surface area contributed by atoms with Crippen molar-refractivity contribution in [3.05, 3.63) is 65.8 Å². The number of benzene rings is 2. The van der Waals surface area contributed by atoms with E-state index in [1.165, 1.54) is 4.90 Å². The fourth-order valence-corrected chi connectivity index (χ4v) is 5.33. The van der Waals surface area contributed by atoms with E-state index in [9.17, 15) is 27.4 Å². The van der Waals surface area contributed by atoms with Gasteiger partial charge in [-0.05, 0) is 37.6 Å². The number of nitrogens with two attached hydrogens (primary N) is 1. The molecule has 0 fully saturated rings. The lowest BCUT2D eigenvalue weighted by Crippen LogP contribution is -2.44. The second kappa shape index (κ2) is 10.00. The summed E-state index contributed by atoms with van der Waals surface area (Å²) in [5.74, 6) is -0.227. The maximum atomic E-state index is 13.3. The van der Waals surface area contributed by atoms with E-state index in [1.807, 2.05) is 0 Å². The molecule has 0 bridgehead atoms. The molecular weight excluding hydrogens is 547 g/mol. The van der Waals surface area contributed by atoms with Crippen molar-refractivity contribution >= 4 is 22.4 Å². The molecule has 5 rings (SSSR count). The third-order valence-electron chi connectivity index (χ3n) is 6.34. The minimum absolute atomic E-state index is 0.0446. The Bertz CT molecular complexity index is 1650. The lowest BCUT2D eigenvalue weighted by molar-refractivity contribution is -0.140. The Morgan fingerprint density at radius 3 is 2.52 bits per heavy atom. The highest BCUT2D eigenvalue weighted by molar-refractivity contribution is 7.85. The first kappa shape index (κ1) is 27.2. The van der Waals surface area contributed by atoms with Crippen LogP contribution in [0.25, 0.3) is 22.8 Å². The zero-order chi connectivity index (χ0) is 28.8. The summed E-state index contributed by atoms with van der Waals surface area (Å²) in [5.41, 5.74) is 5.98. The van der Waals surface area contributed by atoms with Gasteiger partial charge in [0.1, 0.15) is 16.9 Å². The van der Waals surface area contributed by atoms with Crippen LogP contribution in [0.4, 0.5) is 18.9 Å². The number of halogens is 3. The molecule has 1 aliphatic heterocycles. The Labute approximate surface area is 228 Å². The molecule has 0 spiro atoms. The number of nitriles is 1. The molecule has 2 aromatic heterocycles. The smallest absolute Gasteiger partial charge is 0.419 e. The number of aromatic nitrogens is 4. The van der Waals surface area contributed by atoms with Crippen molar-refractivity contribution in [2.45, 2.75) is 42.9 Å². The largest absolute Gasteiger partial charge is 0.432 e. The molecule has 2 atom stereocenters. The van der Waals surface area contributed by atoms with Crippen LogP contribution in [-0.4, -0.2) is 42.1 Å². The lowest BCUT2D eigenvalue weighted by atomic mass is 9.96. The van der Waals surface area contributed by atoms with E-state index in [2.05, 4.69) is 26.2 Å². The summed E-state index contributed by atoms with van der Waals surface area (Å²) in [6, 6.07) is 12.4. The molecule has 40 heavy (non-hydrogen) atoms. The van der Waals surface area contributed by atoms with E-state index < -0.39 is 40.0 Å². The van der Waals surface area contributed by atoms with Gasteiger partial charge in [-0.3, -0.25) is 9.00 Å². The molecular formula is C26H22F3N7O3S. The zero-order valence-electron chi connectivity index (χ0n) is 21.2. The zero-order valence-corrected chi connectivity index (χ0v) is 22.0. The fourth-order valence-electron chi connectivity index (χ4n) is 4.06. The molecule has 1 unspecified atom stereocenters. The predicted octanol–water partition coefficient (Wildman–Crippen LogP) is 3.93. The SMILES string of the molecule is CC(C)(C#N)c1nnc(-c2ccc3c(c2)N(Cc2ccc(-c4ncc(C(F)(F)F)[nH]4)cc2)C(=O)[C@@H](N)CS3=O)o1. The molecule has 1 aliphatic rings. The van der Waals surface area contributed by atoms with E-state index in [1.54, 1.807) is 56.3 Å². The van der Waals surface area contributed by atoms with E-state index >= 15 is 0 Å². The van der Waals surface area contributed by atoms with Gasteiger partial charge in [-0.15, -0.1) is 10.2 Å². The van der Waals surface area contributed by atoms with Crippen molar-refractivity contribution in [2.75, 3.05) is 10.7 Å². The van der Waals surface area contributed by atoms with Crippen molar-refractivity contribution in [3.8, 4) is 28.9 Å². The number of anilines is 1. The van der Waals surface area contributed by atoms with Crippen LogP contribution < -0.4 is 10.6 Å². The van der Waals surface area contributed by atoms with Crippen LogP contribution in [0.2, 0.25) is 0 Å². The van der Waals surface area contributed by atoms with Crippen LogP contribution in [0.15, 0.2) is 58.0 Å². The lowest BCUT2D eigenvalue weighted by Gasteiger charge is -2.24. The summed E-state index contributed by atoms with van der Waals surface area (Å²) >= 11 is 0. The number of carbonyl (C=O) groups is 1. The number of fused-ring (bicyclic) bond motifs is 1. The number of nitrogens with one attached hydrogen (secondary N) is 1. The number of rotatable bonds is 5.